The Morgan fingerprint density at radius 2 is 1.96 bits per heavy atom. The van der Waals surface area contributed by atoms with Gasteiger partial charge in [0.1, 0.15) is 11.6 Å². The quantitative estimate of drug-likeness (QED) is 0.636. The van der Waals surface area contributed by atoms with Gasteiger partial charge in [-0.05, 0) is 51.8 Å². The zero-order valence-corrected chi connectivity index (χ0v) is 14.6. The van der Waals surface area contributed by atoms with E-state index in [9.17, 15) is 4.39 Å². The highest BCUT2D eigenvalue weighted by atomic mass is 79.9. The lowest BCUT2D eigenvalue weighted by molar-refractivity contribution is 0.628. The number of aromatic nitrogens is 3. The molecule has 24 heavy (non-hydrogen) atoms. The number of nitrogens with zero attached hydrogens (tertiary/aromatic N) is 3. The molecule has 1 aromatic carbocycles. The maximum Gasteiger partial charge on any atom is 0.229 e. The Balaban J connectivity index is 1.74. The fourth-order valence-electron chi connectivity index (χ4n) is 1.94. The van der Waals surface area contributed by atoms with E-state index >= 15 is 0 Å². The minimum Gasteiger partial charge on any atom is -0.365 e. The van der Waals surface area contributed by atoms with Gasteiger partial charge in [0.2, 0.25) is 5.95 Å². The lowest BCUT2D eigenvalue weighted by Gasteiger charge is -2.10. The molecule has 2 aromatic heterocycles. The highest BCUT2D eigenvalue weighted by Crippen LogP contribution is 2.24. The molecule has 0 amide bonds. The monoisotopic (exact) mass is 407 g/mol. The van der Waals surface area contributed by atoms with Crippen molar-refractivity contribution in [2.45, 2.75) is 6.54 Å². The van der Waals surface area contributed by atoms with Gasteiger partial charge in [0.25, 0.3) is 0 Å². The topological polar surface area (TPSA) is 62.7 Å². The van der Waals surface area contributed by atoms with Crippen LogP contribution in [0.5, 0.6) is 0 Å². The van der Waals surface area contributed by atoms with Gasteiger partial charge in [-0.15, -0.1) is 0 Å². The maximum atomic E-state index is 13.2. The van der Waals surface area contributed by atoms with Gasteiger partial charge in [0.15, 0.2) is 0 Å². The van der Waals surface area contributed by atoms with Gasteiger partial charge in [-0.1, -0.05) is 11.6 Å². The fourth-order valence-corrected chi connectivity index (χ4v) is 2.45. The Bertz CT molecular complexity index is 847. The molecule has 0 fully saturated rings. The molecule has 0 aliphatic heterocycles. The molecule has 0 aliphatic carbocycles. The van der Waals surface area contributed by atoms with Crippen LogP contribution in [0.1, 0.15) is 5.56 Å². The van der Waals surface area contributed by atoms with Crippen molar-refractivity contribution in [2.24, 2.45) is 0 Å². The van der Waals surface area contributed by atoms with Gasteiger partial charge < -0.3 is 10.6 Å². The van der Waals surface area contributed by atoms with Crippen LogP contribution in [0, 0.1) is 5.82 Å². The first-order valence-electron chi connectivity index (χ1n) is 6.99. The van der Waals surface area contributed by atoms with E-state index in [1.54, 1.807) is 24.7 Å². The largest absolute Gasteiger partial charge is 0.365 e. The Hall–Kier alpha value is -2.25. The second-order valence-electron chi connectivity index (χ2n) is 4.85. The summed E-state index contributed by atoms with van der Waals surface area (Å²) < 4.78 is 13.9. The van der Waals surface area contributed by atoms with Crippen LogP contribution >= 0.6 is 27.5 Å². The van der Waals surface area contributed by atoms with Crippen LogP contribution in [-0.2, 0) is 6.54 Å². The van der Waals surface area contributed by atoms with Crippen molar-refractivity contribution in [3.8, 4) is 0 Å². The molecule has 2 N–H and O–H groups in total. The predicted octanol–water partition coefficient (Wildman–Crippen LogP) is 4.78. The second kappa shape index (κ2) is 7.55. The van der Waals surface area contributed by atoms with Gasteiger partial charge in [-0.25, -0.2) is 9.37 Å². The Morgan fingerprint density at radius 1 is 1.17 bits per heavy atom. The normalized spacial score (nSPS) is 10.5. The SMILES string of the molecule is Fc1ccc(Nc2ncc(Br)c(NCc3ccncc3)n2)cc1Cl. The smallest absolute Gasteiger partial charge is 0.229 e. The van der Waals surface area contributed by atoms with Gasteiger partial charge >= 0.3 is 0 Å². The summed E-state index contributed by atoms with van der Waals surface area (Å²) in [6, 6.07) is 8.17. The third-order valence-corrected chi connectivity index (χ3v) is 4.00. The zero-order chi connectivity index (χ0) is 16.9. The summed E-state index contributed by atoms with van der Waals surface area (Å²) in [5.74, 6) is 0.536. The van der Waals surface area contributed by atoms with E-state index in [1.807, 2.05) is 12.1 Å². The molecule has 0 radical (unpaired) electrons. The van der Waals surface area contributed by atoms with Crippen molar-refractivity contribution in [2.75, 3.05) is 10.6 Å². The van der Waals surface area contributed by atoms with Crippen LogP contribution in [0.15, 0.2) is 53.4 Å². The lowest BCUT2D eigenvalue weighted by Crippen LogP contribution is -2.05. The number of hydrogen-bond donors (Lipinski definition) is 2. The Labute approximate surface area is 151 Å². The van der Waals surface area contributed by atoms with E-state index in [4.69, 9.17) is 11.6 Å². The Morgan fingerprint density at radius 3 is 2.71 bits per heavy atom. The van der Waals surface area contributed by atoms with Gasteiger partial charge in [0, 0.05) is 30.8 Å². The van der Waals surface area contributed by atoms with Gasteiger partial charge in [-0.3, -0.25) is 4.98 Å². The van der Waals surface area contributed by atoms with Crippen LogP contribution in [0.3, 0.4) is 0 Å². The van der Waals surface area contributed by atoms with Crippen LogP contribution in [0.4, 0.5) is 21.8 Å². The summed E-state index contributed by atoms with van der Waals surface area (Å²) in [5, 5.41) is 6.25. The number of benzene rings is 1. The molecule has 122 valence electrons. The number of halogens is 3. The van der Waals surface area contributed by atoms with E-state index in [2.05, 4.69) is 41.5 Å². The van der Waals surface area contributed by atoms with Crippen molar-refractivity contribution in [3.05, 3.63) is 69.8 Å². The summed E-state index contributed by atoms with van der Waals surface area (Å²) in [6.45, 7) is 0.597. The molecule has 0 saturated heterocycles. The summed E-state index contributed by atoms with van der Waals surface area (Å²) in [7, 11) is 0. The van der Waals surface area contributed by atoms with E-state index < -0.39 is 5.82 Å². The van der Waals surface area contributed by atoms with Crippen LogP contribution in [-0.4, -0.2) is 15.0 Å². The molecule has 3 aromatic rings. The van der Waals surface area contributed by atoms with E-state index in [0.717, 1.165) is 10.0 Å². The molecule has 5 nitrogen and oxygen atoms in total. The lowest BCUT2D eigenvalue weighted by atomic mass is 10.3. The minimum atomic E-state index is -0.473. The first-order chi connectivity index (χ1) is 11.6. The minimum absolute atomic E-state index is 0.0353. The molecule has 0 unspecified atom stereocenters. The van der Waals surface area contributed by atoms with Crippen LogP contribution in [0.25, 0.3) is 0 Å². The second-order valence-corrected chi connectivity index (χ2v) is 6.11. The van der Waals surface area contributed by atoms with E-state index in [1.165, 1.54) is 12.1 Å². The molecule has 0 spiro atoms. The predicted molar refractivity (Wildman–Crippen MR) is 96.0 cm³/mol. The summed E-state index contributed by atoms with van der Waals surface area (Å²) in [5.41, 5.74) is 1.68. The molecule has 2 heterocycles. The highest BCUT2D eigenvalue weighted by molar-refractivity contribution is 9.10. The summed E-state index contributed by atoms with van der Waals surface area (Å²) in [6.07, 6.45) is 5.10. The van der Waals surface area contributed by atoms with Crippen molar-refractivity contribution < 1.29 is 4.39 Å². The maximum absolute atomic E-state index is 13.2. The third kappa shape index (κ3) is 4.18. The molecule has 0 bridgehead atoms. The first-order valence-corrected chi connectivity index (χ1v) is 8.16. The molecule has 8 heteroatoms. The molecule has 0 aliphatic rings. The van der Waals surface area contributed by atoms with Gasteiger partial charge in [0.05, 0.1) is 9.50 Å². The van der Waals surface area contributed by atoms with Crippen molar-refractivity contribution in [1.82, 2.24) is 15.0 Å². The fraction of sp³-hybridized carbons (Fsp3) is 0.0625. The van der Waals surface area contributed by atoms with Crippen LogP contribution < -0.4 is 10.6 Å². The van der Waals surface area contributed by atoms with E-state index in [-0.39, 0.29) is 5.02 Å². The number of pyridine rings is 1. The molecular formula is C16H12BrClFN5. The average Bonchev–Trinajstić information content (AvgIpc) is 2.59. The van der Waals surface area contributed by atoms with Crippen molar-refractivity contribution in [1.29, 1.82) is 0 Å². The zero-order valence-electron chi connectivity index (χ0n) is 12.3. The number of nitrogens with one attached hydrogen (secondary N) is 2. The number of anilines is 3. The third-order valence-electron chi connectivity index (χ3n) is 3.13. The van der Waals surface area contributed by atoms with Crippen molar-refractivity contribution in [3.63, 3.8) is 0 Å². The van der Waals surface area contributed by atoms with Crippen LogP contribution in [0.2, 0.25) is 5.02 Å². The molecule has 3 rings (SSSR count). The summed E-state index contributed by atoms with van der Waals surface area (Å²) in [4.78, 5) is 12.6. The number of rotatable bonds is 5. The molecule has 0 atom stereocenters. The average molecular weight is 409 g/mol. The molecule has 0 saturated carbocycles. The Kier molecular flexibility index (Phi) is 5.22. The standard InChI is InChI=1S/C16H12BrClFN5/c17-12-9-22-16(23-11-1-2-14(19)13(18)7-11)24-15(12)21-8-10-3-5-20-6-4-10/h1-7,9H,8H2,(H2,21,22,23,24). The first kappa shape index (κ1) is 16.6. The van der Waals surface area contributed by atoms with Gasteiger partial charge in [-0.2, -0.15) is 4.98 Å². The van der Waals surface area contributed by atoms with E-state index in [0.29, 0.717) is 24.0 Å². The van der Waals surface area contributed by atoms with Crippen molar-refractivity contribution >= 4 is 45.0 Å². The molecular weight excluding hydrogens is 397 g/mol. The number of hydrogen-bond acceptors (Lipinski definition) is 5. The summed E-state index contributed by atoms with van der Waals surface area (Å²) >= 11 is 9.19. The highest BCUT2D eigenvalue weighted by Gasteiger charge is 2.07.